The maximum atomic E-state index is 2.34. The first kappa shape index (κ1) is 14.9. The second-order valence-electron chi connectivity index (χ2n) is 6.59. The standard InChI is InChI=1S/C18H27N2/c1-16(2)14-20(15-17(3)4)12-10-19(11-13-20)18-8-6-5-7-9-18/h5-13,16-17H,14-15H2,1-4H3/q+1. The van der Waals surface area contributed by atoms with Crippen LogP contribution in [0, 0.1) is 11.8 Å². The largest absolute Gasteiger partial charge is 0.313 e. The second kappa shape index (κ2) is 6.27. The molecule has 0 unspecified atom stereocenters. The maximum Gasteiger partial charge on any atom is 0.117 e. The molecule has 1 aromatic rings. The highest BCUT2D eigenvalue weighted by Crippen LogP contribution is 2.24. The molecule has 1 heterocycles. The highest BCUT2D eigenvalue weighted by molar-refractivity contribution is 5.51. The molecular weight excluding hydrogens is 244 g/mol. The summed E-state index contributed by atoms with van der Waals surface area (Å²) in [6.45, 7) is 11.5. The predicted octanol–water partition coefficient (Wildman–Crippen LogP) is 4.58. The summed E-state index contributed by atoms with van der Waals surface area (Å²) >= 11 is 0. The average molecular weight is 271 g/mol. The second-order valence-corrected chi connectivity index (χ2v) is 6.59. The third-order valence-corrected chi connectivity index (χ3v) is 3.51. The van der Waals surface area contributed by atoms with Gasteiger partial charge >= 0.3 is 0 Å². The lowest BCUT2D eigenvalue weighted by Crippen LogP contribution is -2.45. The fourth-order valence-electron chi connectivity index (χ4n) is 2.96. The van der Waals surface area contributed by atoms with E-state index in [1.165, 1.54) is 5.69 Å². The highest BCUT2D eigenvalue weighted by Gasteiger charge is 2.27. The van der Waals surface area contributed by atoms with Crippen LogP contribution in [0.1, 0.15) is 27.7 Å². The van der Waals surface area contributed by atoms with Crippen molar-refractivity contribution in [1.82, 2.24) is 0 Å². The molecule has 0 spiro atoms. The maximum absolute atomic E-state index is 2.34. The van der Waals surface area contributed by atoms with Crippen LogP contribution >= 0.6 is 0 Å². The van der Waals surface area contributed by atoms with Gasteiger partial charge in [-0.3, -0.25) is 4.48 Å². The van der Waals surface area contributed by atoms with Crippen LogP contribution in [0.3, 0.4) is 0 Å². The molecule has 1 aliphatic heterocycles. The molecule has 0 fully saturated rings. The van der Waals surface area contributed by atoms with Gasteiger partial charge < -0.3 is 4.90 Å². The first-order valence-corrected chi connectivity index (χ1v) is 7.59. The number of anilines is 1. The molecule has 0 radical (unpaired) electrons. The van der Waals surface area contributed by atoms with Gasteiger partial charge in [0.2, 0.25) is 0 Å². The molecule has 0 saturated heterocycles. The van der Waals surface area contributed by atoms with Gasteiger partial charge in [-0.05, 0) is 12.1 Å². The van der Waals surface area contributed by atoms with Gasteiger partial charge in [0.1, 0.15) is 12.4 Å². The van der Waals surface area contributed by atoms with Crippen molar-refractivity contribution in [2.75, 3.05) is 18.0 Å². The summed E-state index contributed by atoms with van der Waals surface area (Å²) in [5.41, 5.74) is 1.21. The van der Waals surface area contributed by atoms with Crippen LogP contribution in [-0.2, 0) is 0 Å². The average Bonchev–Trinajstić information content (AvgIpc) is 2.39. The zero-order chi connectivity index (χ0) is 14.6. The quantitative estimate of drug-likeness (QED) is 0.709. The molecule has 20 heavy (non-hydrogen) atoms. The number of para-hydroxylation sites is 1. The van der Waals surface area contributed by atoms with Gasteiger partial charge in [0.05, 0.1) is 25.5 Å². The van der Waals surface area contributed by atoms with E-state index in [-0.39, 0.29) is 0 Å². The van der Waals surface area contributed by atoms with E-state index in [0.717, 1.165) is 17.6 Å². The Morgan fingerprint density at radius 2 is 1.35 bits per heavy atom. The molecule has 1 aromatic carbocycles. The van der Waals surface area contributed by atoms with Gasteiger partial charge in [-0.1, -0.05) is 45.9 Å². The predicted molar refractivity (Wildman–Crippen MR) is 86.9 cm³/mol. The summed E-state index contributed by atoms with van der Waals surface area (Å²) in [5.74, 6) is 1.37. The molecule has 2 heteroatoms. The number of rotatable bonds is 5. The smallest absolute Gasteiger partial charge is 0.117 e. The van der Waals surface area contributed by atoms with Crippen LogP contribution in [0.4, 0.5) is 5.69 Å². The molecule has 0 aromatic heterocycles. The summed E-state index contributed by atoms with van der Waals surface area (Å²) in [7, 11) is 0. The molecule has 0 atom stereocenters. The SMILES string of the molecule is CC(C)C[N+]1(CC(C)C)C=CN(c2ccccc2)C=C1. The number of nitrogens with zero attached hydrogens (tertiary/aromatic N) is 2. The Balaban J connectivity index is 2.17. The topological polar surface area (TPSA) is 3.24 Å². The Kier molecular flexibility index (Phi) is 4.66. The molecule has 2 rings (SSSR count). The van der Waals surface area contributed by atoms with Gasteiger partial charge in [-0.25, -0.2) is 0 Å². The van der Waals surface area contributed by atoms with Crippen LogP contribution in [0.5, 0.6) is 0 Å². The van der Waals surface area contributed by atoms with Crippen LogP contribution in [-0.4, -0.2) is 17.6 Å². The molecule has 0 bridgehead atoms. The summed E-state index contributed by atoms with van der Waals surface area (Å²) in [6.07, 6.45) is 9.10. The monoisotopic (exact) mass is 271 g/mol. The zero-order valence-corrected chi connectivity index (χ0v) is 13.2. The Labute approximate surface area is 123 Å². The van der Waals surface area contributed by atoms with Crippen molar-refractivity contribution in [1.29, 1.82) is 0 Å². The van der Waals surface area contributed by atoms with Crippen LogP contribution in [0.25, 0.3) is 0 Å². The van der Waals surface area contributed by atoms with Crippen LogP contribution < -0.4 is 4.90 Å². The minimum absolute atomic E-state index is 0.686. The van der Waals surface area contributed by atoms with E-state index in [9.17, 15) is 0 Å². The van der Waals surface area contributed by atoms with Crippen molar-refractivity contribution in [3.8, 4) is 0 Å². The molecular formula is C18H27N2+. The van der Waals surface area contributed by atoms with E-state index in [1.54, 1.807) is 0 Å². The van der Waals surface area contributed by atoms with E-state index >= 15 is 0 Å². The van der Waals surface area contributed by atoms with Gasteiger partial charge in [-0.15, -0.1) is 0 Å². The van der Waals surface area contributed by atoms with Crippen molar-refractivity contribution in [2.24, 2.45) is 11.8 Å². The highest BCUT2D eigenvalue weighted by atomic mass is 15.4. The van der Waals surface area contributed by atoms with Crippen molar-refractivity contribution >= 4 is 5.69 Å². The van der Waals surface area contributed by atoms with Gasteiger partial charge in [0.15, 0.2) is 0 Å². The van der Waals surface area contributed by atoms with Crippen molar-refractivity contribution in [3.63, 3.8) is 0 Å². The third kappa shape index (κ3) is 3.73. The van der Waals surface area contributed by atoms with E-state index in [1.807, 2.05) is 0 Å². The van der Waals surface area contributed by atoms with Crippen molar-refractivity contribution in [2.45, 2.75) is 27.7 Å². The Hall–Kier alpha value is -1.54. The third-order valence-electron chi connectivity index (χ3n) is 3.51. The number of quaternary nitrogens is 1. The fraction of sp³-hybridized carbons (Fsp3) is 0.444. The van der Waals surface area contributed by atoms with Crippen LogP contribution in [0.2, 0.25) is 0 Å². The fourth-order valence-corrected chi connectivity index (χ4v) is 2.96. The molecule has 0 aliphatic carbocycles. The number of hydrogen-bond acceptors (Lipinski definition) is 1. The zero-order valence-electron chi connectivity index (χ0n) is 13.2. The van der Waals surface area contributed by atoms with Crippen molar-refractivity contribution in [3.05, 3.63) is 55.1 Å². The first-order valence-electron chi connectivity index (χ1n) is 7.59. The Morgan fingerprint density at radius 1 is 0.850 bits per heavy atom. The summed E-state index contributed by atoms with van der Waals surface area (Å²) < 4.78 is 0.957. The lowest BCUT2D eigenvalue weighted by atomic mass is 10.1. The molecule has 0 amide bonds. The van der Waals surface area contributed by atoms with E-state index in [0.29, 0.717) is 11.8 Å². The lowest BCUT2D eigenvalue weighted by molar-refractivity contribution is -0.835. The van der Waals surface area contributed by atoms with E-state index in [2.05, 4.69) is 87.7 Å². The lowest BCUT2D eigenvalue weighted by Gasteiger charge is -2.37. The molecule has 1 aliphatic rings. The summed E-state index contributed by atoms with van der Waals surface area (Å²) in [5, 5.41) is 0. The first-order chi connectivity index (χ1) is 9.51. The molecule has 108 valence electrons. The Morgan fingerprint density at radius 3 is 1.80 bits per heavy atom. The Bertz CT molecular complexity index is 445. The molecule has 0 N–H and O–H groups in total. The van der Waals surface area contributed by atoms with Crippen LogP contribution in [0.15, 0.2) is 55.1 Å². The van der Waals surface area contributed by atoms with E-state index < -0.39 is 0 Å². The summed E-state index contributed by atoms with van der Waals surface area (Å²) in [6, 6.07) is 10.5. The minimum atomic E-state index is 0.686. The van der Waals surface area contributed by atoms with E-state index in [4.69, 9.17) is 0 Å². The minimum Gasteiger partial charge on any atom is -0.313 e. The number of hydrogen-bond donors (Lipinski definition) is 0. The summed E-state index contributed by atoms with van der Waals surface area (Å²) in [4.78, 5) is 2.19. The van der Waals surface area contributed by atoms with Gasteiger partial charge in [0, 0.05) is 17.5 Å². The van der Waals surface area contributed by atoms with Gasteiger partial charge in [0.25, 0.3) is 0 Å². The van der Waals surface area contributed by atoms with Crippen molar-refractivity contribution < 1.29 is 4.48 Å². The number of benzene rings is 1. The molecule has 2 nitrogen and oxygen atoms in total. The van der Waals surface area contributed by atoms with Gasteiger partial charge in [-0.2, -0.15) is 0 Å². The molecule has 0 saturated carbocycles. The normalized spacial score (nSPS) is 17.2.